The maximum Gasteiger partial charge on any atom is 0.252 e. The Morgan fingerprint density at radius 2 is 1.88 bits per heavy atom. The monoisotopic (exact) mass is 237 g/mol. The Hall–Kier alpha value is -1.39. The average molecular weight is 237 g/mol. The number of nitrogens with one attached hydrogen (secondary N) is 1. The van der Waals surface area contributed by atoms with Crippen molar-refractivity contribution in [3.8, 4) is 0 Å². The molecule has 0 aromatic heterocycles. The molecule has 0 radical (unpaired) electrons. The van der Waals surface area contributed by atoms with Gasteiger partial charge in [-0.1, -0.05) is 17.7 Å². The molecule has 4 heteroatoms. The van der Waals surface area contributed by atoms with Crippen LogP contribution in [0.3, 0.4) is 0 Å². The first-order chi connectivity index (χ1) is 7.91. The zero-order valence-electron chi connectivity index (χ0n) is 10.4. The van der Waals surface area contributed by atoms with E-state index in [-0.39, 0.29) is 19.1 Å². The molecule has 0 spiro atoms. The highest BCUT2D eigenvalue weighted by molar-refractivity contribution is 5.96. The van der Waals surface area contributed by atoms with E-state index in [1.165, 1.54) is 0 Å². The van der Waals surface area contributed by atoms with E-state index in [0.717, 1.165) is 11.1 Å². The van der Waals surface area contributed by atoms with Gasteiger partial charge in [0.1, 0.15) is 0 Å². The molecular formula is C13H19NO3. The Morgan fingerprint density at radius 1 is 1.29 bits per heavy atom. The van der Waals surface area contributed by atoms with E-state index < -0.39 is 5.54 Å². The van der Waals surface area contributed by atoms with Crippen LogP contribution in [-0.2, 0) is 0 Å². The van der Waals surface area contributed by atoms with E-state index in [4.69, 9.17) is 10.2 Å². The molecule has 0 heterocycles. The van der Waals surface area contributed by atoms with Crippen molar-refractivity contribution in [2.45, 2.75) is 26.3 Å². The quantitative estimate of drug-likeness (QED) is 0.724. The molecule has 4 nitrogen and oxygen atoms in total. The summed E-state index contributed by atoms with van der Waals surface area (Å²) in [5.74, 6) is -0.284. The molecule has 17 heavy (non-hydrogen) atoms. The van der Waals surface area contributed by atoms with Crippen molar-refractivity contribution >= 4 is 5.91 Å². The first kappa shape index (κ1) is 13.7. The van der Waals surface area contributed by atoms with Gasteiger partial charge >= 0.3 is 0 Å². The number of aryl methyl sites for hydroxylation is 2. The fraction of sp³-hybridized carbons (Fsp3) is 0.462. The summed E-state index contributed by atoms with van der Waals surface area (Å²) in [6.07, 6.45) is 0. The molecular weight excluding hydrogens is 218 g/mol. The van der Waals surface area contributed by atoms with Crippen molar-refractivity contribution in [2.75, 3.05) is 13.2 Å². The van der Waals surface area contributed by atoms with Gasteiger partial charge in [0.2, 0.25) is 0 Å². The van der Waals surface area contributed by atoms with Crippen molar-refractivity contribution in [1.82, 2.24) is 5.32 Å². The predicted molar refractivity (Wildman–Crippen MR) is 66.0 cm³/mol. The molecule has 1 aromatic rings. The van der Waals surface area contributed by atoms with Crippen LogP contribution in [0, 0.1) is 13.8 Å². The Labute approximate surface area is 101 Å². The van der Waals surface area contributed by atoms with Gasteiger partial charge in [0, 0.05) is 5.56 Å². The van der Waals surface area contributed by atoms with E-state index in [2.05, 4.69) is 5.32 Å². The number of hydrogen-bond donors (Lipinski definition) is 3. The topological polar surface area (TPSA) is 69.6 Å². The van der Waals surface area contributed by atoms with Gasteiger partial charge in [0.05, 0.1) is 18.8 Å². The van der Waals surface area contributed by atoms with Crippen LogP contribution in [-0.4, -0.2) is 34.9 Å². The van der Waals surface area contributed by atoms with E-state index in [9.17, 15) is 4.79 Å². The summed E-state index contributed by atoms with van der Waals surface area (Å²) in [5.41, 5.74) is 1.53. The molecule has 0 aliphatic rings. The van der Waals surface area contributed by atoms with Gasteiger partial charge in [-0.3, -0.25) is 4.79 Å². The number of carbonyl (C=O) groups excluding carboxylic acids is 1. The first-order valence-electron chi connectivity index (χ1n) is 5.53. The predicted octanol–water partition coefficient (Wildman–Crippen LogP) is 0.777. The number of benzene rings is 1. The van der Waals surface area contributed by atoms with Crippen molar-refractivity contribution in [3.63, 3.8) is 0 Å². The largest absolute Gasteiger partial charge is 0.394 e. The zero-order valence-corrected chi connectivity index (χ0v) is 10.4. The van der Waals surface area contributed by atoms with Gasteiger partial charge < -0.3 is 15.5 Å². The maximum atomic E-state index is 12.0. The highest BCUT2D eigenvalue weighted by atomic mass is 16.3. The first-order valence-corrected chi connectivity index (χ1v) is 5.53. The molecule has 0 aliphatic carbocycles. The van der Waals surface area contributed by atoms with Crippen molar-refractivity contribution in [2.24, 2.45) is 0 Å². The number of aliphatic hydroxyl groups is 2. The second kappa shape index (κ2) is 5.29. The number of amides is 1. The molecule has 0 aliphatic heterocycles. The number of rotatable bonds is 4. The average Bonchev–Trinajstić information content (AvgIpc) is 2.28. The molecule has 3 N–H and O–H groups in total. The molecule has 1 amide bonds. The standard InChI is InChI=1S/C13H19NO3/c1-9-4-5-11(10(2)6-9)12(17)14-13(3,7-15)8-16/h4-6,15-16H,7-8H2,1-3H3,(H,14,17). The third kappa shape index (κ3) is 3.28. The lowest BCUT2D eigenvalue weighted by atomic mass is 10.0. The Morgan fingerprint density at radius 3 is 2.35 bits per heavy atom. The maximum absolute atomic E-state index is 12.0. The summed E-state index contributed by atoms with van der Waals surface area (Å²) in [6.45, 7) is 4.80. The highest BCUT2D eigenvalue weighted by Gasteiger charge is 2.25. The summed E-state index contributed by atoms with van der Waals surface area (Å²) >= 11 is 0. The molecule has 0 saturated carbocycles. The van der Waals surface area contributed by atoms with Crippen molar-refractivity contribution in [1.29, 1.82) is 0 Å². The van der Waals surface area contributed by atoms with Crippen molar-refractivity contribution in [3.05, 3.63) is 34.9 Å². The lowest BCUT2D eigenvalue weighted by Crippen LogP contribution is -2.51. The molecule has 0 unspecified atom stereocenters. The summed E-state index contributed by atoms with van der Waals surface area (Å²) in [7, 11) is 0. The summed E-state index contributed by atoms with van der Waals surface area (Å²) in [6, 6.07) is 5.52. The fourth-order valence-corrected chi connectivity index (χ4v) is 1.54. The third-order valence-electron chi connectivity index (χ3n) is 2.74. The van der Waals surface area contributed by atoms with E-state index in [1.54, 1.807) is 13.0 Å². The smallest absolute Gasteiger partial charge is 0.252 e. The van der Waals surface area contributed by atoms with Gasteiger partial charge in [-0.05, 0) is 32.4 Å². The minimum absolute atomic E-state index is 0.284. The lowest BCUT2D eigenvalue weighted by Gasteiger charge is -2.26. The third-order valence-corrected chi connectivity index (χ3v) is 2.74. The van der Waals surface area contributed by atoms with Gasteiger partial charge in [-0.2, -0.15) is 0 Å². The summed E-state index contributed by atoms with van der Waals surface area (Å²) in [4.78, 5) is 12.0. The van der Waals surface area contributed by atoms with E-state index in [1.807, 2.05) is 26.0 Å². The van der Waals surface area contributed by atoms with Gasteiger partial charge in [-0.25, -0.2) is 0 Å². The molecule has 0 saturated heterocycles. The SMILES string of the molecule is Cc1ccc(C(=O)NC(C)(CO)CO)c(C)c1. The summed E-state index contributed by atoms with van der Waals surface area (Å²) < 4.78 is 0. The van der Waals surface area contributed by atoms with Crippen LogP contribution >= 0.6 is 0 Å². The molecule has 0 bridgehead atoms. The Bertz CT molecular complexity index is 411. The Kier molecular flexibility index (Phi) is 4.26. The number of aliphatic hydroxyl groups excluding tert-OH is 2. The van der Waals surface area contributed by atoms with Gasteiger partial charge in [0.25, 0.3) is 5.91 Å². The van der Waals surface area contributed by atoms with Crippen LogP contribution in [0.1, 0.15) is 28.4 Å². The molecule has 0 atom stereocenters. The van der Waals surface area contributed by atoms with Crippen LogP contribution in [0.15, 0.2) is 18.2 Å². The second-order valence-electron chi connectivity index (χ2n) is 4.65. The van der Waals surface area contributed by atoms with Crippen LogP contribution in [0.4, 0.5) is 0 Å². The van der Waals surface area contributed by atoms with Gasteiger partial charge in [-0.15, -0.1) is 0 Å². The van der Waals surface area contributed by atoms with E-state index in [0.29, 0.717) is 5.56 Å². The minimum atomic E-state index is -0.992. The zero-order chi connectivity index (χ0) is 13.1. The normalized spacial score (nSPS) is 11.4. The number of hydrogen-bond acceptors (Lipinski definition) is 3. The minimum Gasteiger partial charge on any atom is -0.394 e. The fourth-order valence-electron chi connectivity index (χ4n) is 1.54. The van der Waals surface area contributed by atoms with Crippen LogP contribution < -0.4 is 5.32 Å². The molecule has 1 aromatic carbocycles. The van der Waals surface area contributed by atoms with E-state index >= 15 is 0 Å². The van der Waals surface area contributed by atoms with Crippen LogP contribution in [0.5, 0.6) is 0 Å². The Balaban J connectivity index is 2.90. The van der Waals surface area contributed by atoms with Gasteiger partial charge in [0.15, 0.2) is 0 Å². The van der Waals surface area contributed by atoms with Crippen LogP contribution in [0.2, 0.25) is 0 Å². The highest BCUT2D eigenvalue weighted by Crippen LogP contribution is 2.12. The van der Waals surface area contributed by atoms with Crippen molar-refractivity contribution < 1.29 is 15.0 Å². The lowest BCUT2D eigenvalue weighted by molar-refractivity contribution is 0.0723. The van der Waals surface area contributed by atoms with Crippen LogP contribution in [0.25, 0.3) is 0 Å². The molecule has 94 valence electrons. The number of carbonyl (C=O) groups is 1. The molecule has 1 rings (SSSR count). The summed E-state index contributed by atoms with van der Waals surface area (Å²) in [5, 5.41) is 20.9. The molecule has 0 fully saturated rings. The second-order valence-corrected chi connectivity index (χ2v) is 4.65.